The Bertz CT molecular complexity index is 798. The van der Waals surface area contributed by atoms with Crippen LogP contribution in [0.2, 0.25) is 9.36 Å². The van der Waals surface area contributed by atoms with Crippen molar-refractivity contribution in [3.8, 4) is 0 Å². The van der Waals surface area contributed by atoms with E-state index in [4.69, 9.17) is 0 Å². The molecule has 0 atom stereocenters. The van der Waals surface area contributed by atoms with Gasteiger partial charge in [0, 0.05) is 0 Å². The molecule has 2 aliphatic carbocycles. The van der Waals surface area contributed by atoms with Gasteiger partial charge < -0.3 is 0 Å². The molecule has 2 rings (SSSR count). The molecule has 0 N–H and O–H groups in total. The van der Waals surface area contributed by atoms with Gasteiger partial charge in [-0.25, -0.2) is 0 Å². The fourth-order valence-corrected chi connectivity index (χ4v) is 26.6. The summed E-state index contributed by atoms with van der Waals surface area (Å²) in [6.45, 7) is 21.6. The normalized spacial score (nSPS) is 17.8. The van der Waals surface area contributed by atoms with Gasteiger partial charge in [0.05, 0.1) is 0 Å². The molecule has 0 aromatic heterocycles. The summed E-state index contributed by atoms with van der Waals surface area (Å²) >= 11 is -3.36. The van der Waals surface area contributed by atoms with Gasteiger partial charge in [-0.1, -0.05) is 0 Å². The van der Waals surface area contributed by atoms with Crippen molar-refractivity contribution >= 4 is 31.8 Å². The summed E-state index contributed by atoms with van der Waals surface area (Å²) in [5, 5.41) is 0. The topological polar surface area (TPSA) is 0 Å². The van der Waals surface area contributed by atoms with E-state index in [1.54, 1.807) is 22.3 Å². The minimum Gasteiger partial charge on any atom is -0.147 e. The van der Waals surface area contributed by atoms with Crippen LogP contribution in [0.15, 0.2) is 41.1 Å². The summed E-state index contributed by atoms with van der Waals surface area (Å²) in [6.07, 6.45) is 15.6. The Morgan fingerprint density at radius 1 is 0.719 bits per heavy atom. The smallest absolute Gasteiger partial charge is 0.147 e. The van der Waals surface area contributed by atoms with Crippen LogP contribution in [0.25, 0.3) is 0 Å². The predicted octanol–water partition coefficient (Wildman–Crippen LogP) is 9.80. The SMILES string of the molecule is CCCCC1=[C]([Hf]([CH3])([CH3])(=[SiH2])[C]2=C(CCCC)C=C(C(C)(C)C)C2)CC(C(C)(C)C)=C1.Cl.Cl. The van der Waals surface area contributed by atoms with Gasteiger partial charge in [-0.2, -0.15) is 0 Å². The van der Waals surface area contributed by atoms with E-state index in [9.17, 15) is 0 Å². The molecule has 0 aromatic rings. The van der Waals surface area contributed by atoms with Crippen LogP contribution < -0.4 is 0 Å². The number of allylic oxidation sites excluding steroid dienone is 8. The predicted molar refractivity (Wildman–Crippen MR) is 152 cm³/mol. The van der Waals surface area contributed by atoms with E-state index in [1.807, 2.05) is 6.66 Å². The van der Waals surface area contributed by atoms with E-state index >= 15 is 0 Å². The fourth-order valence-electron chi connectivity index (χ4n) is 5.23. The van der Waals surface area contributed by atoms with Gasteiger partial charge in [0.2, 0.25) is 0 Å². The molecule has 0 radical (unpaired) electrons. The molecule has 186 valence electrons. The van der Waals surface area contributed by atoms with E-state index in [1.165, 1.54) is 51.4 Å². The van der Waals surface area contributed by atoms with Crippen molar-refractivity contribution < 1.29 is 17.1 Å². The van der Waals surface area contributed by atoms with Crippen LogP contribution in [0, 0.1) is 10.8 Å². The monoisotopic (exact) mass is 666 g/mol. The second-order valence-corrected chi connectivity index (χ2v) is 54.1. The fraction of sp³-hybridized carbons (Fsp3) is 0.714. The first-order valence-corrected chi connectivity index (χ1v) is 31.7. The van der Waals surface area contributed by atoms with Crippen LogP contribution in [-0.2, 0) is 17.1 Å². The molecule has 0 saturated carbocycles. The van der Waals surface area contributed by atoms with Crippen molar-refractivity contribution in [3.63, 3.8) is 0 Å². The number of halogens is 2. The number of hydrogen-bond donors (Lipinski definition) is 0. The molecule has 0 heterocycles. The zero-order valence-electron chi connectivity index (χ0n) is 22.8. The molecule has 32 heavy (non-hydrogen) atoms. The van der Waals surface area contributed by atoms with Gasteiger partial charge in [0.15, 0.2) is 0 Å². The molecule has 0 saturated heterocycles. The van der Waals surface area contributed by atoms with Gasteiger partial charge in [0.25, 0.3) is 0 Å². The second-order valence-electron chi connectivity index (χ2n) is 13.1. The van der Waals surface area contributed by atoms with Crippen molar-refractivity contribution in [1.82, 2.24) is 0 Å². The van der Waals surface area contributed by atoms with E-state index in [0.29, 0.717) is 0 Å². The first-order chi connectivity index (χ1) is 13.6. The molecule has 0 aliphatic heterocycles. The van der Waals surface area contributed by atoms with E-state index < -0.39 is 17.1 Å². The summed E-state index contributed by atoms with van der Waals surface area (Å²) < 4.78 is 9.40. The maximum Gasteiger partial charge on any atom is -0.147 e. The molecular weight excluding hydrogens is 614 g/mol. The molecule has 4 heteroatoms. The Balaban J connectivity index is 0.00000480. The third kappa shape index (κ3) is 7.31. The summed E-state index contributed by atoms with van der Waals surface area (Å²) in [5.41, 5.74) is 7.41. The Labute approximate surface area is 215 Å². The largest absolute Gasteiger partial charge is 0.147 e. The van der Waals surface area contributed by atoms with Crippen LogP contribution in [-0.4, -0.2) is 6.94 Å². The summed E-state index contributed by atoms with van der Waals surface area (Å²) in [7, 11) is 0. The van der Waals surface area contributed by atoms with Gasteiger partial charge >= 0.3 is 192 Å². The first-order valence-electron chi connectivity index (χ1n) is 12.5. The Hall–Kier alpha value is 0.627. The quantitative estimate of drug-likeness (QED) is 0.227. The third-order valence-electron chi connectivity index (χ3n) is 7.67. The minimum atomic E-state index is -3.36. The summed E-state index contributed by atoms with van der Waals surface area (Å²) in [6, 6.07) is 0. The minimum absolute atomic E-state index is 0. The molecular formula is C28H52Cl2HfSi. The molecule has 0 unspecified atom stereocenters. The molecule has 0 aromatic carbocycles. The van der Waals surface area contributed by atoms with Gasteiger partial charge in [-0.05, 0) is 0 Å². The van der Waals surface area contributed by atoms with E-state index in [2.05, 4.69) is 83.8 Å². The van der Waals surface area contributed by atoms with Crippen molar-refractivity contribution in [3.05, 3.63) is 41.1 Å². The first kappa shape index (κ1) is 32.6. The van der Waals surface area contributed by atoms with Crippen molar-refractivity contribution in [2.45, 2.75) is 116 Å². The molecule has 0 fully saturated rings. The van der Waals surface area contributed by atoms with Crippen LogP contribution >= 0.6 is 24.8 Å². The zero-order chi connectivity index (χ0) is 23.0. The van der Waals surface area contributed by atoms with Crippen molar-refractivity contribution in [1.29, 1.82) is 0 Å². The maximum absolute atomic E-state index is 3.36. The van der Waals surface area contributed by atoms with Crippen LogP contribution in [0.3, 0.4) is 0 Å². The molecule has 0 nitrogen and oxygen atoms in total. The Kier molecular flexibility index (Phi) is 11.8. The Morgan fingerprint density at radius 3 is 1.28 bits per heavy atom. The zero-order valence-corrected chi connectivity index (χ0v) is 29.5. The average Bonchev–Trinajstić information content (AvgIpc) is 3.22. The Morgan fingerprint density at radius 2 is 1.03 bits per heavy atom. The molecule has 0 spiro atoms. The van der Waals surface area contributed by atoms with Gasteiger partial charge in [-0.3, -0.25) is 0 Å². The van der Waals surface area contributed by atoms with Gasteiger partial charge in [-0.15, -0.1) is 24.8 Å². The van der Waals surface area contributed by atoms with E-state index in [0.717, 1.165) is 0 Å². The number of hydrogen-bond acceptors (Lipinski definition) is 0. The third-order valence-corrected chi connectivity index (χ3v) is 32.1. The van der Waals surface area contributed by atoms with Crippen molar-refractivity contribution in [2.24, 2.45) is 10.8 Å². The van der Waals surface area contributed by atoms with Gasteiger partial charge in [0.1, 0.15) is 0 Å². The summed E-state index contributed by atoms with van der Waals surface area (Å²) in [5.74, 6) is 0. The molecule has 0 bridgehead atoms. The number of rotatable bonds is 8. The van der Waals surface area contributed by atoms with Crippen LogP contribution in [0.1, 0.15) is 107 Å². The second kappa shape index (κ2) is 11.6. The molecule has 2 aliphatic rings. The van der Waals surface area contributed by atoms with Crippen LogP contribution in [0.4, 0.5) is 0 Å². The maximum atomic E-state index is 2.77. The average molecular weight is 666 g/mol. The standard InChI is InChI=1S/2C13H21.2CH3.2ClH.Hf.H2Si/c2*1-5-6-7-11-8-9-12(10-11)13(2,3)4;;;;;;/h2*10H,5-7,9H2,1-4H3;2*1H3;2*1H;;1H2. The van der Waals surface area contributed by atoms with Crippen LogP contribution in [0.5, 0.6) is 0 Å². The number of unbranched alkanes of at least 4 members (excludes halogenated alkanes) is 2. The van der Waals surface area contributed by atoms with Crippen molar-refractivity contribution in [2.75, 3.05) is 0 Å². The molecule has 0 amide bonds. The summed E-state index contributed by atoms with van der Waals surface area (Å²) in [4.78, 5) is 0. The van der Waals surface area contributed by atoms with E-state index in [-0.39, 0.29) is 35.6 Å².